The molecule has 14 rings (SSSR count). The Hall–Kier alpha value is -5.96. The zero-order valence-corrected chi connectivity index (χ0v) is 52.6. The number of nitrogens with two attached hydrogens (primary N) is 1. The lowest BCUT2D eigenvalue weighted by Crippen LogP contribution is -3.09. The first-order chi connectivity index (χ1) is 41.4. The molecular weight excluding hydrogens is 1110 g/mol. The molecule has 472 valence electrons. The summed E-state index contributed by atoms with van der Waals surface area (Å²) in [5.41, 5.74) is 8.87. The Kier molecular flexibility index (Phi) is 15.9. The van der Waals surface area contributed by atoms with Crippen LogP contribution in [0.15, 0.2) is 60.7 Å². The van der Waals surface area contributed by atoms with Crippen molar-refractivity contribution in [2.24, 2.45) is 28.9 Å². The van der Waals surface area contributed by atoms with Gasteiger partial charge in [0.05, 0.1) is 56.7 Å². The third-order valence-corrected chi connectivity index (χ3v) is 23.0. The van der Waals surface area contributed by atoms with E-state index < -0.39 is 40.4 Å². The lowest BCUT2D eigenvalue weighted by molar-refractivity contribution is -0.950. The van der Waals surface area contributed by atoms with Crippen molar-refractivity contribution in [1.82, 2.24) is 20.4 Å². The molecule has 3 aromatic carbocycles. The van der Waals surface area contributed by atoms with Crippen LogP contribution in [0.4, 0.5) is 9.59 Å². The minimum atomic E-state index is -0.936. The van der Waals surface area contributed by atoms with Gasteiger partial charge in [-0.25, -0.2) is 9.59 Å². The van der Waals surface area contributed by atoms with E-state index in [1.165, 1.54) is 72.2 Å². The molecule has 0 aromatic heterocycles. The summed E-state index contributed by atoms with van der Waals surface area (Å²) in [7, 11) is 9.76. The number of carbonyl (C=O) groups is 4. The molecule has 19 nitrogen and oxygen atoms in total. The van der Waals surface area contributed by atoms with Gasteiger partial charge in [-0.3, -0.25) is 9.59 Å². The number of piperidine rings is 1. The lowest BCUT2D eigenvalue weighted by Gasteiger charge is -2.70. The average Bonchev–Trinajstić information content (AvgIpc) is 1.61. The van der Waals surface area contributed by atoms with Crippen molar-refractivity contribution in [3.8, 4) is 28.7 Å². The maximum absolute atomic E-state index is 13.3. The van der Waals surface area contributed by atoms with E-state index in [2.05, 4.69) is 37.4 Å². The van der Waals surface area contributed by atoms with E-state index in [4.69, 9.17) is 29.4 Å². The van der Waals surface area contributed by atoms with Gasteiger partial charge in [0.15, 0.2) is 23.0 Å². The Labute approximate surface area is 512 Å². The quantitative estimate of drug-likeness (QED) is 0.0567. The van der Waals surface area contributed by atoms with Gasteiger partial charge < -0.3 is 74.6 Å². The number of benzene rings is 3. The number of carbonyl (C=O) groups excluding carboxylic acids is 4. The highest BCUT2D eigenvalue weighted by Gasteiger charge is 2.79. The number of nitrogens with one attached hydrogen (secondary N) is 3. The van der Waals surface area contributed by atoms with Crippen LogP contribution in [0.2, 0.25) is 0 Å². The highest BCUT2D eigenvalue weighted by molar-refractivity contribution is 5.87. The van der Waals surface area contributed by atoms with Crippen LogP contribution in [0, 0.1) is 23.2 Å². The van der Waals surface area contributed by atoms with Crippen molar-refractivity contribution in [2.75, 3.05) is 87.7 Å². The molecule has 6 saturated carbocycles. The molecule has 3 aromatic rings. The topological polar surface area (TPSA) is 236 Å². The van der Waals surface area contributed by atoms with Crippen LogP contribution in [-0.4, -0.2) is 182 Å². The van der Waals surface area contributed by atoms with Crippen molar-refractivity contribution >= 4 is 24.0 Å². The van der Waals surface area contributed by atoms with Crippen molar-refractivity contribution in [1.29, 1.82) is 0 Å². The SMILES string of the molecule is C=C1CC[C@@]2(O)[C@H]3Cc4ccc(OC(=O)N(C)CCNC(=O)[C@H](Cc5ccc(O)cc5)NC(C)=O)c5c4[C@@]2(CC[N+]3(C)CC2CC2)[C@H]1O5.CO[C@@]12CC[C@]3(CCc4ccc(OC(=O)N(C)CCN)c5c4[C@@]3(CC[NH+](C)CC3CC3)[C@H]1O5)C[C@@H]2C(C)(C)O. The first-order valence-corrected chi connectivity index (χ1v) is 32.2. The van der Waals surface area contributed by atoms with Gasteiger partial charge in [-0.15, -0.1) is 0 Å². The maximum atomic E-state index is 13.3. The molecule has 11 aliphatic rings. The van der Waals surface area contributed by atoms with Crippen LogP contribution in [0.25, 0.3) is 0 Å². The number of quaternary nitrogens is 2. The molecule has 8 aliphatic carbocycles. The molecule has 4 amide bonds. The van der Waals surface area contributed by atoms with E-state index in [9.17, 15) is 34.5 Å². The van der Waals surface area contributed by atoms with Crippen LogP contribution in [0.1, 0.15) is 126 Å². The Morgan fingerprint density at radius 3 is 2.20 bits per heavy atom. The number of aryl methyl sites for hydroxylation is 1. The second kappa shape index (κ2) is 22.5. The molecule has 12 atom stereocenters. The lowest BCUT2D eigenvalue weighted by atomic mass is 9.36. The zero-order valence-electron chi connectivity index (χ0n) is 52.6. The van der Waals surface area contributed by atoms with Crippen molar-refractivity contribution < 1.29 is 67.6 Å². The second-order valence-corrected chi connectivity index (χ2v) is 28.9. The summed E-state index contributed by atoms with van der Waals surface area (Å²) < 4.78 is 33.1. The van der Waals surface area contributed by atoms with Gasteiger partial charge in [0.1, 0.15) is 41.2 Å². The molecule has 7 fully saturated rings. The highest BCUT2D eigenvalue weighted by atomic mass is 16.6. The summed E-state index contributed by atoms with van der Waals surface area (Å²) in [4.78, 5) is 55.5. The number of methoxy groups -OCH3 is 1. The number of phenols is 1. The number of amides is 4. The molecule has 3 aliphatic heterocycles. The number of aromatic hydroxyl groups is 1. The number of likely N-dealkylation sites (tertiary alicyclic amines) is 1. The van der Waals surface area contributed by atoms with Gasteiger partial charge in [0.2, 0.25) is 11.8 Å². The Bertz CT molecular complexity index is 3200. The Morgan fingerprint density at radius 2 is 1.55 bits per heavy atom. The van der Waals surface area contributed by atoms with E-state index in [-0.39, 0.29) is 72.1 Å². The second-order valence-electron chi connectivity index (χ2n) is 28.9. The van der Waals surface area contributed by atoms with Gasteiger partial charge in [-0.05, 0) is 136 Å². The first-order valence-electron chi connectivity index (χ1n) is 32.2. The number of ether oxygens (including phenoxy) is 5. The van der Waals surface area contributed by atoms with E-state index in [1.54, 1.807) is 38.2 Å². The number of hydrogen-bond acceptors (Lipinski definition) is 13. The van der Waals surface area contributed by atoms with Gasteiger partial charge in [0.25, 0.3) is 0 Å². The fraction of sp³-hybridized carbons (Fsp3) is 0.647. The number of fused-ring (bicyclic) bond motifs is 2. The van der Waals surface area contributed by atoms with Crippen LogP contribution < -0.4 is 40.2 Å². The summed E-state index contributed by atoms with van der Waals surface area (Å²) in [5.74, 6) is 3.02. The monoisotopic (exact) mass is 1200 g/mol. The zero-order chi connectivity index (χ0) is 61.8. The highest BCUT2D eigenvalue weighted by Crippen LogP contribution is 2.76. The van der Waals surface area contributed by atoms with Gasteiger partial charge in [-0.1, -0.05) is 30.8 Å². The predicted molar refractivity (Wildman–Crippen MR) is 326 cm³/mol. The van der Waals surface area contributed by atoms with E-state index in [1.807, 2.05) is 32.0 Å². The molecule has 2 spiro atoms. The largest absolute Gasteiger partial charge is 0.508 e. The first kappa shape index (κ1) is 61.3. The molecule has 4 bridgehead atoms. The normalized spacial score (nSPS) is 32.2. The number of nitrogens with zero attached hydrogens (tertiary/aromatic N) is 3. The number of phenolic OH excluding ortho intramolecular Hbond substituents is 1. The maximum Gasteiger partial charge on any atom is 0.415 e. The van der Waals surface area contributed by atoms with E-state index in [0.717, 1.165) is 115 Å². The van der Waals surface area contributed by atoms with Gasteiger partial charge in [-0.2, -0.15) is 0 Å². The average molecular weight is 1200 g/mol. The smallest absolute Gasteiger partial charge is 0.415 e. The molecule has 0 radical (unpaired) electrons. The van der Waals surface area contributed by atoms with Gasteiger partial charge >= 0.3 is 12.2 Å². The summed E-state index contributed by atoms with van der Waals surface area (Å²) in [6, 6.07) is 13.6. The Balaban J connectivity index is 0.000000173. The molecule has 1 saturated heterocycles. The molecule has 2 unspecified atom stereocenters. The minimum Gasteiger partial charge on any atom is -0.508 e. The number of aliphatic hydroxyl groups is 2. The fourth-order valence-corrected chi connectivity index (χ4v) is 18.4. The summed E-state index contributed by atoms with van der Waals surface area (Å²) >= 11 is 0. The standard InChI is InChI=1S/C37H46N4O7.C31H47N3O5/c1-22-13-14-37(46)30-20-26-9-12-29(32-31(26)36(37,33(22)48-32)15-18-41(30,4)21-25-5-6-25)47-35(45)40(3)17-16-38-34(44)28(39-23(2)42)19-24-7-10-27(43)11-8-24;1-28(2,36)23-18-29-11-10-21-8-9-22(38-27(35)34(4)17-15-32)25-24(21)30(29,14-16-33(3)19-20-6-7-20)26(39-25)31(23,37-5)13-12-29/h7-12,25,28,30,33,46H,1,5-6,13-21H2,2-4H3,(H2-,38,39,42,43,44);8-9,20,23,26,36H,6-7,10-19,32H2,1-5H3/p+2/t28-,30+,33-,36-,37+,41?;23-,26-,29-,30+,31-/m01/s1. The van der Waals surface area contributed by atoms with Gasteiger partial charge in [0, 0.05) is 109 Å². The summed E-state index contributed by atoms with van der Waals surface area (Å²) in [6.45, 7) is 15.1. The van der Waals surface area contributed by atoms with Crippen LogP contribution in [-0.2, 0) is 44.4 Å². The van der Waals surface area contributed by atoms with Crippen LogP contribution in [0.3, 0.4) is 0 Å². The predicted octanol–water partition coefficient (Wildman–Crippen LogP) is 5.24. The minimum absolute atomic E-state index is 0.0136. The molecular formula is C68H95N7O12+2. The number of rotatable bonds is 20. The van der Waals surface area contributed by atoms with Crippen molar-refractivity contribution in [2.45, 2.75) is 169 Å². The number of likely N-dealkylation sites (N-methyl/N-ethyl adjacent to an activating group) is 3. The fourth-order valence-electron chi connectivity index (χ4n) is 18.4. The van der Waals surface area contributed by atoms with Crippen molar-refractivity contribution in [3.05, 3.63) is 88.5 Å². The number of hydrogen-bond donors (Lipinski definition) is 7. The van der Waals surface area contributed by atoms with Crippen molar-refractivity contribution in [3.63, 3.8) is 0 Å². The third kappa shape index (κ3) is 10.3. The molecule has 8 N–H and O–H groups in total. The van der Waals surface area contributed by atoms with Crippen LogP contribution >= 0.6 is 0 Å². The third-order valence-electron chi connectivity index (χ3n) is 23.0. The Morgan fingerprint density at radius 1 is 0.885 bits per heavy atom. The molecule has 87 heavy (non-hydrogen) atoms. The summed E-state index contributed by atoms with van der Waals surface area (Å²) in [5, 5.41) is 39.3. The molecule has 3 heterocycles. The van der Waals surface area contributed by atoms with E-state index in [0.29, 0.717) is 43.2 Å². The van der Waals surface area contributed by atoms with Crippen LogP contribution in [0.5, 0.6) is 28.7 Å². The molecule has 19 heteroatoms. The summed E-state index contributed by atoms with van der Waals surface area (Å²) in [6.07, 6.45) is 12.7. The van der Waals surface area contributed by atoms with E-state index >= 15 is 0 Å².